The Morgan fingerprint density at radius 3 is 0.741 bits per heavy atom. The third-order valence-corrected chi connectivity index (χ3v) is 31.2. The molecule has 0 fully saturated rings. The smallest absolute Gasteiger partial charge is 0.416 e. The number of methoxy groups -OCH3 is 1. The molecule has 0 aromatic heterocycles. The summed E-state index contributed by atoms with van der Waals surface area (Å²) < 4.78 is 46.5. The van der Waals surface area contributed by atoms with Crippen LogP contribution < -0.4 is 4.74 Å². The first kappa shape index (κ1) is 87.2. The summed E-state index contributed by atoms with van der Waals surface area (Å²) in [5.74, 6) is 0.860. The monoisotopic (exact) mass is 1840 g/mol. The van der Waals surface area contributed by atoms with Crippen LogP contribution >= 0.6 is 0 Å². The maximum Gasteiger partial charge on any atom is 0.416 e. The van der Waals surface area contributed by atoms with Gasteiger partial charge in [0.2, 0.25) is 0 Å². The van der Waals surface area contributed by atoms with E-state index in [1.165, 1.54) is 215 Å². The van der Waals surface area contributed by atoms with Crippen LogP contribution in [0.15, 0.2) is 455 Å². The van der Waals surface area contributed by atoms with Crippen molar-refractivity contribution in [2.24, 2.45) is 0 Å². The second kappa shape index (κ2) is 34.1. The molecule has 0 saturated carbocycles. The Kier molecular flexibility index (Phi) is 20.8. The molecular weight excluding hydrogens is 1740 g/mol. The predicted molar refractivity (Wildman–Crippen MR) is 595 cm³/mol. The molecule has 0 saturated heterocycles. The lowest BCUT2D eigenvalue weighted by Gasteiger charge is -2.23. The molecule has 24 aromatic carbocycles. The maximum atomic E-state index is 13.7. The highest BCUT2D eigenvalue weighted by Crippen LogP contribution is 2.60. The molecule has 0 radical (unpaired) electrons. The molecular formula is C138H96F3NO. The number of halogens is 3. The molecule has 24 aromatic rings. The fourth-order valence-corrected chi connectivity index (χ4v) is 24.5. The van der Waals surface area contributed by atoms with Crippen molar-refractivity contribution < 1.29 is 17.9 Å². The van der Waals surface area contributed by atoms with E-state index in [0.717, 1.165) is 66.2 Å². The fourth-order valence-electron chi connectivity index (χ4n) is 24.5. The quantitative estimate of drug-likeness (QED) is 0.128. The Morgan fingerprint density at radius 1 is 0.203 bits per heavy atom. The van der Waals surface area contributed by atoms with Gasteiger partial charge in [-0.3, -0.25) is 0 Å². The van der Waals surface area contributed by atoms with Crippen LogP contribution in [0.4, 0.5) is 13.2 Å². The Hall–Kier alpha value is -17.3. The van der Waals surface area contributed by atoms with Crippen molar-refractivity contribution in [3.8, 4) is 145 Å². The molecule has 0 aliphatic heterocycles. The number of nitriles is 1. The van der Waals surface area contributed by atoms with Crippen molar-refractivity contribution in [3.05, 3.63) is 499 Å². The average molecular weight is 1840 g/mol. The van der Waals surface area contributed by atoms with Gasteiger partial charge < -0.3 is 4.74 Å². The van der Waals surface area contributed by atoms with E-state index in [4.69, 9.17) is 4.74 Å². The first-order chi connectivity index (χ1) is 69.8. The molecule has 5 heteroatoms. The van der Waals surface area contributed by atoms with Gasteiger partial charge in [0.1, 0.15) is 5.75 Å². The second-order valence-electron chi connectivity index (χ2n) is 39.9. The van der Waals surface area contributed by atoms with Gasteiger partial charge in [-0.1, -0.05) is 442 Å². The third-order valence-electron chi connectivity index (χ3n) is 31.2. The summed E-state index contributed by atoms with van der Waals surface area (Å²) in [6.07, 6.45) is -4.41. The lowest BCUT2D eigenvalue weighted by molar-refractivity contribution is -0.137. The zero-order chi connectivity index (χ0) is 96.9. The molecule has 3 aliphatic carbocycles. The Labute approximate surface area is 830 Å². The molecule has 0 spiro atoms. The van der Waals surface area contributed by atoms with Crippen molar-refractivity contribution >= 4 is 97.0 Å². The molecule has 0 unspecified atom stereocenters. The zero-order valence-electron chi connectivity index (χ0n) is 80.3. The highest BCUT2D eigenvalue weighted by Gasteiger charge is 2.42. The van der Waals surface area contributed by atoms with Crippen LogP contribution in [0.5, 0.6) is 5.75 Å². The summed E-state index contributed by atoms with van der Waals surface area (Å²) in [6.45, 7) is 14.0. The first-order valence-corrected chi connectivity index (χ1v) is 49.2. The molecule has 3 aliphatic rings. The van der Waals surface area contributed by atoms with Crippen molar-refractivity contribution in [2.45, 2.75) is 64.0 Å². The highest BCUT2D eigenvalue weighted by molar-refractivity contribution is 6.28. The number of ether oxygens (including phenoxy) is 1. The number of hydrogen-bond donors (Lipinski definition) is 0. The molecule has 143 heavy (non-hydrogen) atoms. The van der Waals surface area contributed by atoms with Gasteiger partial charge >= 0.3 is 6.18 Å². The minimum absolute atomic E-state index is 0.0787. The van der Waals surface area contributed by atoms with Crippen LogP contribution in [0.1, 0.15) is 86.1 Å². The molecule has 680 valence electrons. The average Bonchev–Trinajstić information content (AvgIpc) is 1.63. The predicted octanol–water partition coefficient (Wildman–Crippen LogP) is 38.3. The zero-order valence-corrected chi connectivity index (χ0v) is 80.3. The molecule has 2 nitrogen and oxygen atoms in total. The van der Waals surface area contributed by atoms with E-state index < -0.39 is 11.7 Å². The molecule has 0 N–H and O–H groups in total. The summed E-state index contributed by atoms with van der Waals surface area (Å²) in [7, 11) is 1.72. The Balaban J connectivity index is 0.000000113. The van der Waals surface area contributed by atoms with E-state index in [1.54, 1.807) is 19.2 Å². The van der Waals surface area contributed by atoms with Gasteiger partial charge in [0.05, 0.1) is 24.3 Å². The summed E-state index contributed by atoms with van der Waals surface area (Å²) in [6, 6.07) is 164. The van der Waals surface area contributed by atoms with Crippen LogP contribution in [0.2, 0.25) is 0 Å². The number of hydrogen-bond acceptors (Lipinski definition) is 2. The maximum absolute atomic E-state index is 13.7. The Bertz CT molecular complexity index is 9440. The number of benzene rings is 24. The fraction of sp³-hybridized carbons (Fsp3) is 0.0797. The normalized spacial score (nSPS) is 13.3. The summed E-state index contributed by atoms with van der Waals surface area (Å²) in [4.78, 5) is 0. The third kappa shape index (κ3) is 14.1. The number of fused-ring (bicyclic) bond motifs is 18. The lowest BCUT2D eigenvalue weighted by Crippen LogP contribution is -2.14. The standard InChI is InChI=1S/C46H31F3.C46H31N.C46H34O/c1-45(2)40-19-8-7-16-37(40)44-38(18-10-20-41(44)45)43-35-15-6-5-14-34(35)42(29-21-24-31(25-22-29)46(47,48)49)36-26-23-30(27-39(36)43)33-17-9-12-28-11-3-4-13-32(28)33;1-46(2)41-19-8-7-16-38(41)45-39(18-10-20-42(45)46)44-36-15-6-5-14-35(36)43(31-23-21-29(28-47)22-24-31)37-26-25-32(27-40(37)44)34-17-9-12-30-11-3-4-13-33(30)34;1-46(2)41-20-9-8-17-38(41)45-39(19-11-21-42(45)46)44-36-16-7-6-15-35(36)43(30-22-25-32(47-3)26-23-30)37-27-24-31(28-40(37)44)34-18-10-13-29-12-4-5-14-33(29)34/h3-27H,1-2H3;3-27H,1-2H3;4-28H,1-3H3. The van der Waals surface area contributed by atoms with Gasteiger partial charge in [-0.05, 0) is 318 Å². The molecule has 0 bridgehead atoms. The van der Waals surface area contributed by atoms with Gasteiger partial charge in [-0.2, -0.15) is 18.4 Å². The summed E-state index contributed by atoms with van der Waals surface area (Å²) in [5.41, 5.74) is 36.6. The minimum Gasteiger partial charge on any atom is -0.497 e. The van der Waals surface area contributed by atoms with Crippen LogP contribution in [-0.4, -0.2) is 7.11 Å². The van der Waals surface area contributed by atoms with E-state index in [-0.39, 0.29) is 16.2 Å². The van der Waals surface area contributed by atoms with Crippen LogP contribution in [-0.2, 0) is 22.4 Å². The van der Waals surface area contributed by atoms with E-state index in [0.29, 0.717) is 5.56 Å². The topological polar surface area (TPSA) is 33.0 Å². The molecule has 0 atom stereocenters. The van der Waals surface area contributed by atoms with Crippen molar-refractivity contribution in [3.63, 3.8) is 0 Å². The number of rotatable bonds is 10. The van der Waals surface area contributed by atoms with Gasteiger partial charge in [0, 0.05) is 16.2 Å². The SMILES string of the molecule is CC1(C)c2ccccc2-c2c(-c3c4ccccc4c(-c4ccc(C#N)cc4)c4ccc(-c5cccc6ccccc56)cc34)cccc21.CC1(C)c2ccccc2-c2c(-c3c4ccccc4c(-c4ccc(C(F)(F)F)cc4)c4ccc(-c5cccc6ccccc56)cc34)cccc21.COc1ccc(-c2c3ccccc3c(-c3cccc4c3-c3ccccc3C4(C)C)c3cc(-c4cccc5ccccc45)ccc23)cc1. The van der Waals surface area contributed by atoms with E-state index in [9.17, 15) is 18.4 Å². The van der Waals surface area contributed by atoms with Crippen LogP contribution in [0.3, 0.4) is 0 Å². The largest absolute Gasteiger partial charge is 0.497 e. The van der Waals surface area contributed by atoms with Gasteiger partial charge in [0.25, 0.3) is 0 Å². The van der Waals surface area contributed by atoms with Gasteiger partial charge in [-0.25, -0.2) is 0 Å². The van der Waals surface area contributed by atoms with E-state index >= 15 is 0 Å². The summed E-state index contributed by atoms with van der Waals surface area (Å²) >= 11 is 0. The molecule has 0 heterocycles. The highest BCUT2D eigenvalue weighted by atomic mass is 19.4. The molecule has 0 amide bonds. The molecule has 27 rings (SSSR count). The minimum atomic E-state index is -4.41. The van der Waals surface area contributed by atoms with E-state index in [1.807, 2.05) is 18.2 Å². The summed E-state index contributed by atoms with van der Waals surface area (Å²) in [5, 5.41) is 30.9. The lowest BCUT2D eigenvalue weighted by atomic mass is 9.80. The Morgan fingerprint density at radius 2 is 0.434 bits per heavy atom. The van der Waals surface area contributed by atoms with Gasteiger partial charge in [0.15, 0.2) is 0 Å². The van der Waals surface area contributed by atoms with Crippen molar-refractivity contribution in [2.75, 3.05) is 7.11 Å². The number of alkyl halides is 3. The van der Waals surface area contributed by atoms with Gasteiger partial charge in [-0.15, -0.1) is 0 Å². The van der Waals surface area contributed by atoms with E-state index in [2.05, 4.69) is 460 Å². The first-order valence-electron chi connectivity index (χ1n) is 49.2. The van der Waals surface area contributed by atoms with Crippen LogP contribution in [0.25, 0.3) is 230 Å². The number of nitrogens with zero attached hydrogens (tertiary/aromatic N) is 1. The van der Waals surface area contributed by atoms with Crippen molar-refractivity contribution in [1.82, 2.24) is 0 Å². The van der Waals surface area contributed by atoms with Crippen molar-refractivity contribution in [1.29, 1.82) is 5.26 Å². The van der Waals surface area contributed by atoms with Crippen LogP contribution in [0, 0.1) is 11.3 Å². The second-order valence-corrected chi connectivity index (χ2v) is 39.9.